The zero-order valence-electron chi connectivity index (χ0n) is 7.77. The fraction of sp³-hybridized carbons (Fsp3) is 0.625. The Morgan fingerprint density at radius 2 is 2.38 bits per heavy atom. The molecule has 72 valence electrons. The first-order valence-electron chi connectivity index (χ1n) is 4.20. The van der Waals surface area contributed by atoms with Crippen LogP contribution in [-0.2, 0) is 11.3 Å². The van der Waals surface area contributed by atoms with Gasteiger partial charge >= 0.3 is 5.97 Å². The minimum Gasteiger partial charge on any atom is -0.481 e. The third kappa shape index (κ3) is 2.85. The Morgan fingerprint density at radius 3 is 2.85 bits per heavy atom. The Bertz CT molecular complexity index is 293. The summed E-state index contributed by atoms with van der Waals surface area (Å²) >= 11 is 0. The second-order valence-corrected chi connectivity index (χ2v) is 3.16. The smallest absolute Gasteiger partial charge is 0.305 e. The van der Waals surface area contributed by atoms with E-state index >= 15 is 0 Å². The van der Waals surface area contributed by atoms with E-state index in [1.54, 1.807) is 11.0 Å². The predicted octanol–water partition coefficient (Wildman–Crippen LogP) is 0.876. The molecular formula is C8H13N3O2. The average Bonchev–Trinajstić information content (AvgIpc) is 2.48. The van der Waals surface area contributed by atoms with Gasteiger partial charge in [0.1, 0.15) is 6.33 Å². The molecule has 0 aromatic carbocycles. The molecule has 0 aliphatic carbocycles. The van der Waals surface area contributed by atoms with Gasteiger partial charge in [0.25, 0.3) is 0 Å². The fourth-order valence-corrected chi connectivity index (χ4v) is 0.892. The van der Waals surface area contributed by atoms with Gasteiger partial charge in [-0.05, 0) is 0 Å². The first-order valence-corrected chi connectivity index (χ1v) is 4.20. The van der Waals surface area contributed by atoms with Crippen LogP contribution in [0.1, 0.15) is 32.0 Å². The van der Waals surface area contributed by atoms with Crippen molar-refractivity contribution < 1.29 is 9.90 Å². The van der Waals surface area contributed by atoms with Crippen molar-refractivity contribution in [2.24, 2.45) is 0 Å². The van der Waals surface area contributed by atoms with Gasteiger partial charge in [-0.25, -0.2) is 4.98 Å². The summed E-state index contributed by atoms with van der Waals surface area (Å²) < 4.78 is 1.56. The molecule has 0 aliphatic rings. The quantitative estimate of drug-likeness (QED) is 0.752. The van der Waals surface area contributed by atoms with Crippen molar-refractivity contribution in [3.05, 3.63) is 12.2 Å². The standard InChI is InChI=1S/C8H13N3O2/c1-6(2)8-9-5-11(10-8)4-3-7(12)13/h5-6H,3-4H2,1-2H3,(H,12,13). The normalized spacial score (nSPS) is 10.7. The van der Waals surface area contributed by atoms with Crippen LogP contribution in [0, 0.1) is 0 Å². The van der Waals surface area contributed by atoms with E-state index in [0.717, 1.165) is 5.82 Å². The molecule has 5 heteroatoms. The molecule has 0 fully saturated rings. The third-order valence-corrected chi connectivity index (χ3v) is 1.63. The molecule has 13 heavy (non-hydrogen) atoms. The molecule has 1 aromatic heterocycles. The summed E-state index contributed by atoms with van der Waals surface area (Å²) in [7, 11) is 0. The van der Waals surface area contributed by atoms with Gasteiger partial charge in [-0.2, -0.15) is 5.10 Å². The molecule has 5 nitrogen and oxygen atoms in total. The summed E-state index contributed by atoms with van der Waals surface area (Å²) in [6.45, 7) is 4.38. The summed E-state index contributed by atoms with van der Waals surface area (Å²) in [5, 5.41) is 12.6. The maximum atomic E-state index is 10.3. The highest BCUT2D eigenvalue weighted by atomic mass is 16.4. The summed E-state index contributed by atoms with van der Waals surface area (Å²) in [6.07, 6.45) is 1.65. The van der Waals surface area contributed by atoms with Crippen LogP contribution in [0.15, 0.2) is 6.33 Å². The lowest BCUT2D eigenvalue weighted by Gasteiger charge is -1.97. The second kappa shape index (κ2) is 4.02. The van der Waals surface area contributed by atoms with E-state index in [2.05, 4.69) is 10.1 Å². The van der Waals surface area contributed by atoms with Gasteiger partial charge in [-0.3, -0.25) is 9.48 Å². The predicted molar refractivity (Wildman–Crippen MR) is 46.4 cm³/mol. The lowest BCUT2D eigenvalue weighted by molar-refractivity contribution is -0.137. The number of nitrogens with zero attached hydrogens (tertiary/aromatic N) is 3. The number of aliphatic carboxylic acids is 1. The largest absolute Gasteiger partial charge is 0.481 e. The van der Waals surface area contributed by atoms with E-state index in [0.29, 0.717) is 6.54 Å². The monoisotopic (exact) mass is 183 g/mol. The van der Waals surface area contributed by atoms with Crippen molar-refractivity contribution in [3.8, 4) is 0 Å². The molecule has 0 unspecified atom stereocenters. The number of aromatic nitrogens is 3. The Kier molecular flexibility index (Phi) is 3.00. The van der Waals surface area contributed by atoms with Gasteiger partial charge in [0, 0.05) is 5.92 Å². The molecule has 0 bridgehead atoms. The van der Waals surface area contributed by atoms with Crippen LogP contribution in [0.25, 0.3) is 0 Å². The van der Waals surface area contributed by atoms with Gasteiger partial charge in [-0.15, -0.1) is 0 Å². The van der Waals surface area contributed by atoms with Crippen LogP contribution in [0.2, 0.25) is 0 Å². The summed E-state index contributed by atoms with van der Waals surface area (Å²) in [5.74, 6) is 0.220. The van der Waals surface area contributed by atoms with Crippen molar-refractivity contribution in [1.82, 2.24) is 14.8 Å². The number of hydrogen-bond acceptors (Lipinski definition) is 3. The Hall–Kier alpha value is -1.39. The molecule has 0 aliphatic heterocycles. The molecule has 0 atom stereocenters. The third-order valence-electron chi connectivity index (χ3n) is 1.63. The van der Waals surface area contributed by atoms with E-state index in [-0.39, 0.29) is 12.3 Å². The molecule has 1 rings (SSSR count). The minimum atomic E-state index is -0.818. The van der Waals surface area contributed by atoms with Crippen molar-refractivity contribution in [1.29, 1.82) is 0 Å². The SMILES string of the molecule is CC(C)c1ncn(CCC(=O)O)n1. The molecule has 0 amide bonds. The van der Waals surface area contributed by atoms with Crippen LogP contribution in [0.3, 0.4) is 0 Å². The van der Waals surface area contributed by atoms with Gasteiger partial charge in [0.05, 0.1) is 13.0 Å². The van der Waals surface area contributed by atoms with E-state index in [1.165, 1.54) is 0 Å². The van der Waals surface area contributed by atoms with Crippen LogP contribution in [-0.4, -0.2) is 25.8 Å². The molecule has 1 aromatic rings. The van der Waals surface area contributed by atoms with Crippen molar-refractivity contribution >= 4 is 5.97 Å². The zero-order chi connectivity index (χ0) is 9.84. The van der Waals surface area contributed by atoms with E-state index in [4.69, 9.17) is 5.11 Å². The molecule has 0 saturated heterocycles. The lowest BCUT2D eigenvalue weighted by atomic mass is 10.2. The number of rotatable bonds is 4. The van der Waals surface area contributed by atoms with Crippen molar-refractivity contribution in [2.75, 3.05) is 0 Å². The Labute approximate surface area is 76.4 Å². The highest BCUT2D eigenvalue weighted by molar-refractivity contribution is 5.66. The highest BCUT2D eigenvalue weighted by Crippen LogP contribution is 2.06. The van der Waals surface area contributed by atoms with Gasteiger partial charge in [0.2, 0.25) is 0 Å². The first-order chi connectivity index (χ1) is 6.09. The molecule has 0 radical (unpaired) electrons. The van der Waals surface area contributed by atoms with Crippen LogP contribution in [0.5, 0.6) is 0 Å². The minimum absolute atomic E-state index is 0.0842. The van der Waals surface area contributed by atoms with Crippen molar-refractivity contribution in [2.45, 2.75) is 32.7 Å². The molecular weight excluding hydrogens is 170 g/mol. The van der Waals surface area contributed by atoms with Crippen LogP contribution in [0.4, 0.5) is 0 Å². The van der Waals surface area contributed by atoms with Crippen LogP contribution < -0.4 is 0 Å². The molecule has 1 heterocycles. The zero-order valence-corrected chi connectivity index (χ0v) is 7.77. The number of carboxylic acid groups (broad SMARTS) is 1. The van der Waals surface area contributed by atoms with Crippen LogP contribution >= 0.6 is 0 Å². The van der Waals surface area contributed by atoms with E-state index in [9.17, 15) is 4.79 Å². The number of carbonyl (C=O) groups is 1. The molecule has 0 spiro atoms. The topological polar surface area (TPSA) is 68.0 Å². The summed E-state index contributed by atoms with van der Waals surface area (Å²) in [6, 6.07) is 0. The Balaban J connectivity index is 2.54. The molecule has 0 saturated carbocycles. The summed E-state index contributed by atoms with van der Waals surface area (Å²) in [4.78, 5) is 14.3. The van der Waals surface area contributed by atoms with E-state index in [1.807, 2.05) is 13.8 Å². The lowest BCUT2D eigenvalue weighted by Crippen LogP contribution is -2.05. The maximum Gasteiger partial charge on any atom is 0.305 e. The van der Waals surface area contributed by atoms with Gasteiger partial charge < -0.3 is 5.11 Å². The maximum absolute atomic E-state index is 10.3. The highest BCUT2D eigenvalue weighted by Gasteiger charge is 2.05. The Morgan fingerprint density at radius 1 is 1.69 bits per heavy atom. The fourth-order valence-electron chi connectivity index (χ4n) is 0.892. The van der Waals surface area contributed by atoms with Gasteiger partial charge in [-0.1, -0.05) is 13.8 Å². The second-order valence-electron chi connectivity index (χ2n) is 3.16. The summed E-state index contributed by atoms with van der Waals surface area (Å²) in [5.41, 5.74) is 0. The van der Waals surface area contributed by atoms with Gasteiger partial charge in [0.15, 0.2) is 5.82 Å². The molecule has 1 N–H and O–H groups in total. The number of carboxylic acids is 1. The van der Waals surface area contributed by atoms with E-state index < -0.39 is 5.97 Å². The first kappa shape index (κ1) is 9.70. The number of hydrogen-bond donors (Lipinski definition) is 1. The van der Waals surface area contributed by atoms with Crippen molar-refractivity contribution in [3.63, 3.8) is 0 Å². The number of aryl methyl sites for hydroxylation is 1. The average molecular weight is 183 g/mol.